The van der Waals surface area contributed by atoms with Crippen LogP contribution in [0.15, 0.2) is 0 Å². The summed E-state index contributed by atoms with van der Waals surface area (Å²) in [6.45, 7) is 8.31. The van der Waals surface area contributed by atoms with Crippen molar-refractivity contribution in [2.24, 2.45) is 18.7 Å². The number of hydrogen-bond donors (Lipinski definition) is 1. The number of aromatic nitrogens is 2. The second kappa shape index (κ2) is 6.05. The topological polar surface area (TPSA) is 47.1 Å². The van der Waals surface area contributed by atoms with Gasteiger partial charge in [0.05, 0.1) is 5.69 Å². The van der Waals surface area contributed by atoms with E-state index in [0.717, 1.165) is 24.6 Å². The molecule has 0 bridgehead atoms. The molecule has 0 saturated heterocycles. The van der Waals surface area contributed by atoms with Crippen LogP contribution >= 0.6 is 0 Å². The zero-order valence-corrected chi connectivity index (χ0v) is 11.8. The van der Waals surface area contributed by atoms with Crippen molar-refractivity contribution in [1.82, 2.24) is 9.78 Å². The Balaban J connectivity index is 2.87. The van der Waals surface area contributed by atoms with E-state index in [1.54, 1.807) is 0 Å². The average molecular weight is 238 g/mol. The predicted molar refractivity (Wildman–Crippen MR) is 73.4 cm³/mol. The number of hydrogen-bond acceptors (Lipinski definition) is 3. The summed E-state index contributed by atoms with van der Waals surface area (Å²) in [4.78, 5) is 2.30. The van der Waals surface area contributed by atoms with Gasteiger partial charge in [0.2, 0.25) is 0 Å². The van der Waals surface area contributed by atoms with Gasteiger partial charge in [0.1, 0.15) is 5.82 Å². The third kappa shape index (κ3) is 3.46. The molecule has 1 aromatic heterocycles. The Morgan fingerprint density at radius 2 is 2.06 bits per heavy atom. The van der Waals surface area contributed by atoms with E-state index >= 15 is 0 Å². The van der Waals surface area contributed by atoms with Gasteiger partial charge in [-0.3, -0.25) is 4.68 Å². The van der Waals surface area contributed by atoms with Crippen LogP contribution in [0.4, 0.5) is 5.82 Å². The zero-order chi connectivity index (χ0) is 13.0. The molecule has 0 aliphatic carbocycles. The second-order valence-electron chi connectivity index (χ2n) is 5.15. The van der Waals surface area contributed by atoms with Gasteiger partial charge in [0.25, 0.3) is 0 Å². The maximum Gasteiger partial charge on any atom is 0.129 e. The van der Waals surface area contributed by atoms with E-state index in [1.807, 2.05) is 11.7 Å². The lowest BCUT2D eigenvalue weighted by Gasteiger charge is -2.22. The summed E-state index contributed by atoms with van der Waals surface area (Å²) in [5.41, 5.74) is 8.07. The highest BCUT2D eigenvalue weighted by Crippen LogP contribution is 2.23. The van der Waals surface area contributed by atoms with E-state index in [1.165, 1.54) is 17.8 Å². The number of nitrogens with two attached hydrogens (primary N) is 1. The maximum absolute atomic E-state index is 5.67. The maximum atomic E-state index is 5.67. The minimum Gasteiger partial charge on any atom is -0.360 e. The molecular weight excluding hydrogens is 212 g/mol. The summed E-state index contributed by atoms with van der Waals surface area (Å²) >= 11 is 0. The normalized spacial score (nSPS) is 11.2. The summed E-state index contributed by atoms with van der Waals surface area (Å²) in [6.07, 6.45) is 2.10. The van der Waals surface area contributed by atoms with Crippen molar-refractivity contribution >= 4 is 5.82 Å². The Kier molecular flexibility index (Phi) is 5.00. The van der Waals surface area contributed by atoms with E-state index in [-0.39, 0.29) is 0 Å². The molecule has 1 aromatic rings. The molecule has 17 heavy (non-hydrogen) atoms. The van der Waals surface area contributed by atoms with Gasteiger partial charge >= 0.3 is 0 Å². The molecule has 1 heterocycles. The van der Waals surface area contributed by atoms with E-state index < -0.39 is 0 Å². The van der Waals surface area contributed by atoms with Crippen LogP contribution in [0.3, 0.4) is 0 Å². The molecule has 0 atom stereocenters. The number of aryl methyl sites for hydroxylation is 2. The van der Waals surface area contributed by atoms with Crippen molar-refractivity contribution in [3.05, 3.63) is 11.3 Å². The van der Waals surface area contributed by atoms with Gasteiger partial charge in [-0.15, -0.1) is 0 Å². The average Bonchev–Trinajstić information content (AvgIpc) is 2.51. The molecular formula is C13H26N4. The van der Waals surface area contributed by atoms with Gasteiger partial charge in [-0.2, -0.15) is 5.10 Å². The largest absolute Gasteiger partial charge is 0.360 e. The highest BCUT2D eigenvalue weighted by Gasteiger charge is 2.16. The first-order chi connectivity index (χ1) is 7.97. The summed E-state index contributed by atoms with van der Waals surface area (Å²) in [5.74, 6) is 1.94. The first-order valence-corrected chi connectivity index (χ1v) is 6.41. The molecule has 0 saturated carbocycles. The van der Waals surface area contributed by atoms with Crippen LogP contribution in [0.2, 0.25) is 0 Å². The molecule has 0 unspecified atom stereocenters. The first kappa shape index (κ1) is 14.0. The molecule has 4 heteroatoms. The second-order valence-corrected chi connectivity index (χ2v) is 5.15. The quantitative estimate of drug-likeness (QED) is 0.821. The summed E-state index contributed by atoms with van der Waals surface area (Å²) < 4.78 is 1.97. The zero-order valence-electron chi connectivity index (χ0n) is 11.8. The van der Waals surface area contributed by atoms with E-state index in [2.05, 4.69) is 37.8 Å². The first-order valence-electron chi connectivity index (χ1n) is 6.41. The van der Waals surface area contributed by atoms with Crippen molar-refractivity contribution in [2.75, 3.05) is 25.0 Å². The van der Waals surface area contributed by atoms with Crippen LogP contribution in [0.5, 0.6) is 0 Å². The van der Waals surface area contributed by atoms with Crippen LogP contribution < -0.4 is 10.6 Å². The lowest BCUT2D eigenvalue weighted by atomic mass is 10.1. The van der Waals surface area contributed by atoms with Crippen molar-refractivity contribution in [3.63, 3.8) is 0 Å². The molecule has 0 radical (unpaired) electrons. The van der Waals surface area contributed by atoms with Gasteiger partial charge in [0.15, 0.2) is 0 Å². The van der Waals surface area contributed by atoms with Crippen molar-refractivity contribution < 1.29 is 0 Å². The molecule has 0 aromatic carbocycles. The van der Waals surface area contributed by atoms with Crippen LogP contribution in [-0.4, -0.2) is 29.9 Å². The Hall–Kier alpha value is -1.03. The Morgan fingerprint density at radius 3 is 2.59 bits per heavy atom. The van der Waals surface area contributed by atoms with Gasteiger partial charge in [0, 0.05) is 26.2 Å². The molecule has 0 aliphatic rings. The fourth-order valence-corrected chi connectivity index (χ4v) is 2.16. The van der Waals surface area contributed by atoms with Gasteiger partial charge in [-0.1, -0.05) is 13.8 Å². The standard InChI is InChI=1S/C13H26N4/c1-10(2)7-9-16(4)13-12(6-8-14)11(3)15-17(13)5/h10H,6-9,14H2,1-5H3. The van der Waals surface area contributed by atoms with Crippen LogP contribution in [0.25, 0.3) is 0 Å². The number of rotatable bonds is 6. The fourth-order valence-electron chi connectivity index (χ4n) is 2.16. The van der Waals surface area contributed by atoms with Crippen LogP contribution in [0.1, 0.15) is 31.5 Å². The smallest absolute Gasteiger partial charge is 0.129 e. The molecule has 1 rings (SSSR count). The SMILES string of the molecule is Cc1nn(C)c(N(C)CCC(C)C)c1CCN. The monoisotopic (exact) mass is 238 g/mol. The van der Waals surface area contributed by atoms with Crippen LogP contribution in [0, 0.1) is 12.8 Å². The predicted octanol–water partition coefficient (Wildman–Crippen LogP) is 1.71. The Labute approximate surface area is 105 Å². The molecule has 2 N–H and O–H groups in total. The van der Waals surface area contributed by atoms with Crippen LogP contribution in [-0.2, 0) is 13.5 Å². The Morgan fingerprint density at radius 1 is 1.41 bits per heavy atom. The lowest BCUT2D eigenvalue weighted by Crippen LogP contribution is -2.24. The van der Waals surface area contributed by atoms with E-state index in [4.69, 9.17) is 5.73 Å². The molecule has 4 nitrogen and oxygen atoms in total. The fraction of sp³-hybridized carbons (Fsp3) is 0.769. The lowest BCUT2D eigenvalue weighted by molar-refractivity contribution is 0.577. The molecule has 0 amide bonds. The molecule has 98 valence electrons. The Bertz CT molecular complexity index is 355. The highest BCUT2D eigenvalue weighted by atomic mass is 15.4. The summed E-state index contributed by atoms with van der Waals surface area (Å²) in [7, 11) is 4.15. The van der Waals surface area contributed by atoms with Crippen molar-refractivity contribution in [2.45, 2.75) is 33.6 Å². The van der Waals surface area contributed by atoms with E-state index in [0.29, 0.717) is 6.54 Å². The highest BCUT2D eigenvalue weighted by molar-refractivity contribution is 5.49. The molecule has 0 spiro atoms. The van der Waals surface area contributed by atoms with Gasteiger partial charge in [-0.25, -0.2) is 0 Å². The summed E-state index contributed by atoms with van der Waals surface area (Å²) in [5, 5.41) is 4.50. The third-order valence-electron chi connectivity index (χ3n) is 3.11. The summed E-state index contributed by atoms with van der Waals surface area (Å²) in [6, 6.07) is 0. The van der Waals surface area contributed by atoms with Crippen molar-refractivity contribution in [1.29, 1.82) is 0 Å². The number of nitrogens with zero attached hydrogens (tertiary/aromatic N) is 3. The van der Waals surface area contributed by atoms with Crippen molar-refractivity contribution in [3.8, 4) is 0 Å². The molecule has 0 fully saturated rings. The third-order valence-corrected chi connectivity index (χ3v) is 3.11. The van der Waals surface area contributed by atoms with Gasteiger partial charge in [-0.05, 0) is 32.2 Å². The molecule has 0 aliphatic heterocycles. The van der Waals surface area contributed by atoms with Gasteiger partial charge < -0.3 is 10.6 Å². The number of anilines is 1. The minimum absolute atomic E-state index is 0.678. The minimum atomic E-state index is 0.678. The van der Waals surface area contributed by atoms with E-state index in [9.17, 15) is 0 Å².